The zero-order valence-corrected chi connectivity index (χ0v) is 13.8. The van der Waals surface area contributed by atoms with Crippen molar-refractivity contribution in [1.82, 2.24) is 5.32 Å². The summed E-state index contributed by atoms with van der Waals surface area (Å²) in [6.45, 7) is 6.03. The van der Waals surface area contributed by atoms with Gasteiger partial charge in [-0.3, -0.25) is 0 Å². The standard InChI is InChI=1S/C16H25N3OS/c1-3-9-19-10-7-13(8-11-19)17-16(21)18-14-5-4-6-15(12-14)20-2/h4-6,12-13H,3,7-11H2,1-2H3,(H2,17,18,21)/p+1. The lowest BCUT2D eigenvalue weighted by molar-refractivity contribution is -0.905. The first-order valence-electron chi connectivity index (χ1n) is 7.76. The van der Waals surface area contributed by atoms with E-state index >= 15 is 0 Å². The van der Waals surface area contributed by atoms with E-state index in [4.69, 9.17) is 17.0 Å². The molecule has 116 valence electrons. The van der Waals surface area contributed by atoms with Crippen LogP contribution in [0.4, 0.5) is 5.69 Å². The van der Waals surface area contributed by atoms with Crippen LogP contribution in [0.25, 0.3) is 0 Å². The maximum atomic E-state index is 5.41. The molecule has 0 bridgehead atoms. The van der Waals surface area contributed by atoms with Crippen molar-refractivity contribution in [1.29, 1.82) is 0 Å². The number of hydrogen-bond acceptors (Lipinski definition) is 2. The average molecular weight is 308 g/mol. The van der Waals surface area contributed by atoms with Crippen molar-refractivity contribution in [3.63, 3.8) is 0 Å². The number of piperidine rings is 1. The average Bonchev–Trinajstić information content (AvgIpc) is 2.49. The molecule has 1 fully saturated rings. The third-order valence-electron chi connectivity index (χ3n) is 3.96. The number of thiocarbonyl (C=S) groups is 1. The second-order valence-electron chi connectivity index (χ2n) is 5.60. The van der Waals surface area contributed by atoms with E-state index in [1.165, 1.54) is 38.9 Å². The third kappa shape index (κ3) is 5.17. The van der Waals surface area contributed by atoms with Gasteiger partial charge in [-0.25, -0.2) is 0 Å². The smallest absolute Gasteiger partial charge is 0.171 e. The van der Waals surface area contributed by atoms with Crippen molar-refractivity contribution in [3.05, 3.63) is 24.3 Å². The van der Waals surface area contributed by atoms with Crippen molar-refractivity contribution in [2.45, 2.75) is 32.2 Å². The highest BCUT2D eigenvalue weighted by atomic mass is 32.1. The minimum atomic E-state index is 0.496. The number of hydrogen-bond donors (Lipinski definition) is 3. The van der Waals surface area contributed by atoms with Gasteiger partial charge in [0.05, 0.1) is 26.7 Å². The van der Waals surface area contributed by atoms with Gasteiger partial charge in [-0.05, 0) is 30.8 Å². The predicted octanol–water partition coefficient (Wildman–Crippen LogP) is 1.44. The summed E-state index contributed by atoms with van der Waals surface area (Å²) in [5, 5.41) is 7.37. The normalized spacial score (nSPS) is 21.6. The van der Waals surface area contributed by atoms with E-state index in [2.05, 4.69) is 17.6 Å². The van der Waals surface area contributed by atoms with Gasteiger partial charge in [-0.1, -0.05) is 13.0 Å². The van der Waals surface area contributed by atoms with Crippen LogP contribution < -0.4 is 20.3 Å². The number of ether oxygens (including phenoxy) is 1. The van der Waals surface area contributed by atoms with Crippen LogP contribution in [0.15, 0.2) is 24.3 Å². The quantitative estimate of drug-likeness (QED) is 0.720. The summed E-state index contributed by atoms with van der Waals surface area (Å²) >= 11 is 5.41. The molecule has 1 aromatic rings. The molecule has 21 heavy (non-hydrogen) atoms. The molecule has 5 heteroatoms. The van der Waals surface area contributed by atoms with Crippen molar-refractivity contribution in [2.75, 3.05) is 32.1 Å². The van der Waals surface area contributed by atoms with Crippen LogP contribution in [0.3, 0.4) is 0 Å². The molecular weight excluding hydrogens is 282 g/mol. The lowest BCUT2D eigenvalue weighted by Gasteiger charge is -2.30. The first-order valence-corrected chi connectivity index (χ1v) is 8.17. The number of anilines is 1. The fourth-order valence-electron chi connectivity index (χ4n) is 2.83. The Morgan fingerprint density at radius 3 is 2.81 bits per heavy atom. The Hall–Kier alpha value is -1.33. The van der Waals surface area contributed by atoms with E-state index < -0.39 is 0 Å². The highest BCUT2D eigenvalue weighted by molar-refractivity contribution is 7.80. The molecule has 0 saturated carbocycles. The molecule has 0 atom stereocenters. The van der Waals surface area contributed by atoms with Crippen LogP contribution in [0.5, 0.6) is 5.75 Å². The van der Waals surface area contributed by atoms with Gasteiger partial charge in [0.25, 0.3) is 0 Å². The molecule has 1 aliphatic heterocycles. The highest BCUT2D eigenvalue weighted by Gasteiger charge is 2.21. The van der Waals surface area contributed by atoms with Gasteiger partial charge >= 0.3 is 0 Å². The molecule has 0 aliphatic carbocycles. The lowest BCUT2D eigenvalue weighted by atomic mass is 10.1. The van der Waals surface area contributed by atoms with Crippen LogP contribution in [0.1, 0.15) is 26.2 Å². The van der Waals surface area contributed by atoms with Crippen LogP contribution in [0, 0.1) is 0 Å². The molecular formula is C16H26N3OS+. The van der Waals surface area contributed by atoms with Gasteiger partial charge in [0.1, 0.15) is 5.75 Å². The fraction of sp³-hybridized carbons (Fsp3) is 0.562. The number of benzene rings is 1. The summed E-state index contributed by atoms with van der Waals surface area (Å²) in [6, 6.07) is 8.31. The molecule has 3 N–H and O–H groups in total. The van der Waals surface area contributed by atoms with E-state index in [1.54, 1.807) is 12.0 Å². The molecule has 0 spiro atoms. The summed E-state index contributed by atoms with van der Waals surface area (Å²) in [7, 11) is 1.67. The molecule has 1 saturated heterocycles. The van der Waals surface area contributed by atoms with Crippen molar-refractivity contribution >= 4 is 23.0 Å². The molecule has 0 amide bonds. The van der Waals surface area contributed by atoms with Gasteiger partial charge in [-0.2, -0.15) is 0 Å². The first kappa shape index (κ1) is 16.0. The molecule has 0 radical (unpaired) electrons. The molecule has 1 aromatic carbocycles. The lowest BCUT2D eigenvalue weighted by Crippen LogP contribution is -3.13. The first-order chi connectivity index (χ1) is 10.2. The zero-order chi connectivity index (χ0) is 15.1. The summed E-state index contributed by atoms with van der Waals surface area (Å²) in [6.07, 6.45) is 3.65. The molecule has 0 unspecified atom stereocenters. The maximum absolute atomic E-state index is 5.41. The van der Waals surface area contributed by atoms with Gasteiger partial charge in [-0.15, -0.1) is 0 Å². The van der Waals surface area contributed by atoms with Gasteiger partial charge in [0, 0.05) is 30.6 Å². The van der Waals surface area contributed by atoms with Crippen LogP contribution in [0.2, 0.25) is 0 Å². The Labute approximate surface area is 132 Å². The van der Waals surface area contributed by atoms with Crippen molar-refractivity contribution in [3.8, 4) is 5.75 Å². The van der Waals surface area contributed by atoms with Crippen LogP contribution in [-0.2, 0) is 0 Å². The zero-order valence-electron chi connectivity index (χ0n) is 12.9. The largest absolute Gasteiger partial charge is 0.497 e. The Bertz CT molecular complexity index is 459. The minimum absolute atomic E-state index is 0.496. The summed E-state index contributed by atoms with van der Waals surface area (Å²) < 4.78 is 5.21. The molecule has 2 rings (SSSR count). The topological polar surface area (TPSA) is 37.7 Å². The molecule has 4 nitrogen and oxygen atoms in total. The molecule has 1 heterocycles. The number of nitrogens with one attached hydrogen (secondary N) is 3. The Kier molecular flexibility index (Phi) is 6.26. The van der Waals surface area contributed by atoms with E-state index in [1.807, 2.05) is 24.3 Å². The SMILES string of the molecule is CCC[NH+]1CCC(NC(=S)Nc2cccc(OC)c2)CC1. The summed E-state index contributed by atoms with van der Waals surface area (Å²) in [5.41, 5.74) is 0.959. The van der Waals surface area contributed by atoms with Gasteiger partial charge in [0.2, 0.25) is 0 Å². The second kappa shape index (κ2) is 8.20. The van der Waals surface area contributed by atoms with E-state index in [9.17, 15) is 0 Å². The fourth-order valence-corrected chi connectivity index (χ4v) is 3.11. The highest BCUT2D eigenvalue weighted by Crippen LogP contribution is 2.16. The summed E-state index contributed by atoms with van der Waals surface area (Å²) in [5.74, 6) is 0.833. The summed E-state index contributed by atoms with van der Waals surface area (Å²) in [4.78, 5) is 1.72. The van der Waals surface area contributed by atoms with Crippen molar-refractivity contribution < 1.29 is 9.64 Å². The van der Waals surface area contributed by atoms with Gasteiger partial charge in [0.15, 0.2) is 5.11 Å². The number of quaternary nitrogens is 1. The van der Waals surface area contributed by atoms with Crippen molar-refractivity contribution in [2.24, 2.45) is 0 Å². The monoisotopic (exact) mass is 308 g/mol. The minimum Gasteiger partial charge on any atom is -0.497 e. The molecule has 0 aromatic heterocycles. The third-order valence-corrected chi connectivity index (χ3v) is 4.18. The second-order valence-corrected chi connectivity index (χ2v) is 6.01. The predicted molar refractivity (Wildman–Crippen MR) is 91.2 cm³/mol. The van der Waals surface area contributed by atoms with E-state index in [0.29, 0.717) is 11.2 Å². The Morgan fingerprint density at radius 2 is 2.14 bits per heavy atom. The van der Waals surface area contributed by atoms with E-state index in [-0.39, 0.29) is 0 Å². The number of likely N-dealkylation sites (tertiary alicyclic amines) is 1. The van der Waals surface area contributed by atoms with Gasteiger partial charge < -0.3 is 20.3 Å². The Morgan fingerprint density at radius 1 is 1.38 bits per heavy atom. The maximum Gasteiger partial charge on any atom is 0.171 e. The number of methoxy groups -OCH3 is 1. The van der Waals surface area contributed by atoms with E-state index in [0.717, 1.165) is 11.4 Å². The van der Waals surface area contributed by atoms with Crippen LogP contribution in [-0.4, -0.2) is 37.9 Å². The number of rotatable bonds is 5. The molecule has 1 aliphatic rings. The van der Waals surface area contributed by atoms with Crippen LogP contribution >= 0.6 is 12.2 Å². The Balaban J connectivity index is 1.77.